The van der Waals surface area contributed by atoms with Gasteiger partial charge in [0.15, 0.2) is 5.78 Å². The highest BCUT2D eigenvalue weighted by molar-refractivity contribution is 6.10. The number of nitrogens with one attached hydrogen (secondary N) is 1. The number of aryl methyl sites for hydroxylation is 1. The summed E-state index contributed by atoms with van der Waals surface area (Å²) in [6.07, 6.45) is 1.56. The standard InChI is InChI=1S/C29H31NO3/c1-2-16-30-19-25(31)20-33-26-8-5-6-21(17-26)10-15-29(32)24-14-13-23-12-11-22-7-3-4-9-27(22)28(23)18-24/h3-9,11-14,17-18,25,30-31H,2,10,15-16,19-20H2,1H3. The fourth-order valence-corrected chi connectivity index (χ4v) is 4.07. The molecular formula is C29H31NO3. The average molecular weight is 442 g/mol. The molecule has 0 radical (unpaired) electrons. The van der Waals surface area contributed by atoms with E-state index >= 15 is 0 Å². The van der Waals surface area contributed by atoms with Gasteiger partial charge in [-0.25, -0.2) is 0 Å². The number of rotatable bonds is 11. The molecule has 2 N–H and O–H groups in total. The Bertz CT molecular complexity index is 1230. The second-order valence-corrected chi connectivity index (χ2v) is 8.46. The summed E-state index contributed by atoms with van der Waals surface area (Å²) in [6, 6.07) is 26.2. The number of carbonyl (C=O) groups excluding carboxylic acids is 1. The van der Waals surface area contributed by atoms with E-state index in [1.807, 2.05) is 54.6 Å². The second-order valence-electron chi connectivity index (χ2n) is 8.46. The van der Waals surface area contributed by atoms with Gasteiger partial charge in [0.05, 0.1) is 0 Å². The van der Waals surface area contributed by atoms with Crippen LogP contribution in [0.3, 0.4) is 0 Å². The molecule has 33 heavy (non-hydrogen) atoms. The molecule has 170 valence electrons. The summed E-state index contributed by atoms with van der Waals surface area (Å²) in [4.78, 5) is 13.0. The molecule has 0 aliphatic carbocycles. The summed E-state index contributed by atoms with van der Waals surface area (Å²) in [5, 5.41) is 17.8. The van der Waals surface area contributed by atoms with Gasteiger partial charge in [-0.15, -0.1) is 0 Å². The SMILES string of the molecule is CCCNCC(O)COc1cccc(CCC(=O)c2ccc3ccc4ccccc4c3c2)c1. The first-order valence-corrected chi connectivity index (χ1v) is 11.7. The molecule has 0 heterocycles. The zero-order valence-corrected chi connectivity index (χ0v) is 19.1. The summed E-state index contributed by atoms with van der Waals surface area (Å²) < 4.78 is 5.74. The minimum absolute atomic E-state index is 0.133. The highest BCUT2D eigenvalue weighted by Gasteiger charge is 2.10. The van der Waals surface area contributed by atoms with Crippen molar-refractivity contribution in [1.82, 2.24) is 5.32 Å². The Kier molecular flexibility index (Phi) is 7.71. The predicted octanol–water partition coefficient (Wildman–Crippen LogP) is 5.55. The number of benzene rings is 4. The van der Waals surface area contributed by atoms with Gasteiger partial charge in [-0.3, -0.25) is 4.79 Å². The zero-order chi connectivity index (χ0) is 23.0. The molecule has 0 saturated carbocycles. The maximum absolute atomic E-state index is 13.0. The van der Waals surface area contributed by atoms with Crippen LogP contribution >= 0.6 is 0 Å². The first-order valence-electron chi connectivity index (χ1n) is 11.7. The number of fused-ring (bicyclic) bond motifs is 3. The van der Waals surface area contributed by atoms with Crippen LogP contribution in [0.25, 0.3) is 21.5 Å². The zero-order valence-electron chi connectivity index (χ0n) is 19.1. The molecule has 4 aromatic carbocycles. The number of aliphatic hydroxyl groups excluding tert-OH is 1. The number of Topliss-reactive ketones (excluding diaryl/α,β-unsaturated/α-hetero) is 1. The topological polar surface area (TPSA) is 58.6 Å². The molecule has 0 spiro atoms. The quantitative estimate of drug-likeness (QED) is 0.182. The van der Waals surface area contributed by atoms with Crippen LogP contribution in [-0.4, -0.2) is 36.7 Å². The van der Waals surface area contributed by atoms with Crippen LogP contribution < -0.4 is 10.1 Å². The lowest BCUT2D eigenvalue weighted by Crippen LogP contribution is -2.31. The van der Waals surface area contributed by atoms with E-state index in [0.717, 1.165) is 34.9 Å². The van der Waals surface area contributed by atoms with E-state index in [1.54, 1.807) is 0 Å². The van der Waals surface area contributed by atoms with Crippen molar-refractivity contribution in [1.29, 1.82) is 0 Å². The Hall–Kier alpha value is -3.21. The summed E-state index contributed by atoms with van der Waals surface area (Å²) in [5.74, 6) is 0.847. The third-order valence-electron chi connectivity index (χ3n) is 5.86. The molecule has 0 aliphatic heterocycles. The Labute approximate surface area is 195 Å². The van der Waals surface area contributed by atoms with Gasteiger partial charge in [-0.05, 0) is 64.7 Å². The highest BCUT2D eigenvalue weighted by atomic mass is 16.5. The predicted molar refractivity (Wildman–Crippen MR) is 135 cm³/mol. The van der Waals surface area contributed by atoms with Crippen LogP contribution in [0.15, 0.2) is 78.9 Å². The fraction of sp³-hybridized carbons (Fsp3) is 0.276. The lowest BCUT2D eigenvalue weighted by molar-refractivity contribution is 0.0983. The monoisotopic (exact) mass is 441 g/mol. The number of aliphatic hydroxyl groups is 1. The molecule has 0 aliphatic rings. The van der Waals surface area contributed by atoms with Gasteiger partial charge in [0, 0.05) is 18.5 Å². The largest absolute Gasteiger partial charge is 0.491 e. The number of hydrogen-bond donors (Lipinski definition) is 2. The Balaban J connectivity index is 1.38. The van der Waals surface area contributed by atoms with Gasteiger partial charge >= 0.3 is 0 Å². The van der Waals surface area contributed by atoms with Gasteiger partial charge in [-0.2, -0.15) is 0 Å². The Morgan fingerprint density at radius 1 is 0.939 bits per heavy atom. The Morgan fingerprint density at radius 2 is 1.73 bits per heavy atom. The van der Waals surface area contributed by atoms with Crippen LogP contribution in [-0.2, 0) is 6.42 Å². The van der Waals surface area contributed by atoms with Gasteiger partial charge in [0.1, 0.15) is 18.5 Å². The molecule has 1 atom stereocenters. The van der Waals surface area contributed by atoms with Gasteiger partial charge in [-0.1, -0.05) is 67.6 Å². The van der Waals surface area contributed by atoms with Crippen molar-refractivity contribution >= 4 is 27.3 Å². The van der Waals surface area contributed by atoms with Crippen molar-refractivity contribution in [3.8, 4) is 5.75 Å². The maximum atomic E-state index is 13.0. The smallest absolute Gasteiger partial charge is 0.163 e. The van der Waals surface area contributed by atoms with E-state index in [0.29, 0.717) is 25.1 Å². The molecule has 0 fully saturated rings. The summed E-state index contributed by atoms with van der Waals surface area (Å²) >= 11 is 0. The van der Waals surface area contributed by atoms with Crippen molar-refractivity contribution < 1.29 is 14.6 Å². The molecule has 0 amide bonds. The third kappa shape index (κ3) is 5.98. The highest BCUT2D eigenvalue weighted by Crippen LogP contribution is 2.27. The second kappa shape index (κ2) is 11.1. The maximum Gasteiger partial charge on any atom is 0.163 e. The molecule has 0 aromatic heterocycles. The third-order valence-corrected chi connectivity index (χ3v) is 5.86. The van der Waals surface area contributed by atoms with Crippen LogP contribution in [0.5, 0.6) is 5.75 Å². The van der Waals surface area contributed by atoms with Crippen molar-refractivity contribution in [3.63, 3.8) is 0 Å². The Morgan fingerprint density at radius 3 is 2.58 bits per heavy atom. The van der Waals surface area contributed by atoms with Crippen molar-refractivity contribution in [2.45, 2.75) is 32.3 Å². The van der Waals surface area contributed by atoms with Crippen molar-refractivity contribution in [2.24, 2.45) is 0 Å². The molecule has 0 bridgehead atoms. The van der Waals surface area contributed by atoms with Crippen molar-refractivity contribution in [3.05, 3.63) is 90.0 Å². The molecule has 4 aromatic rings. The number of carbonyl (C=O) groups is 1. The minimum Gasteiger partial charge on any atom is -0.491 e. The number of ketones is 1. The fourth-order valence-electron chi connectivity index (χ4n) is 4.07. The van der Waals surface area contributed by atoms with Crippen LogP contribution in [0, 0.1) is 0 Å². The van der Waals surface area contributed by atoms with E-state index in [9.17, 15) is 9.90 Å². The molecule has 1 unspecified atom stereocenters. The van der Waals surface area contributed by atoms with E-state index < -0.39 is 6.10 Å². The molecule has 4 heteroatoms. The summed E-state index contributed by atoms with van der Waals surface area (Å²) in [5.41, 5.74) is 1.79. The van der Waals surface area contributed by atoms with Crippen LogP contribution in [0.4, 0.5) is 0 Å². The molecule has 4 rings (SSSR count). The summed E-state index contributed by atoms with van der Waals surface area (Å²) in [7, 11) is 0. The molecule has 0 saturated heterocycles. The van der Waals surface area contributed by atoms with Crippen LogP contribution in [0.2, 0.25) is 0 Å². The van der Waals surface area contributed by atoms with Crippen LogP contribution in [0.1, 0.15) is 35.7 Å². The summed E-state index contributed by atoms with van der Waals surface area (Å²) in [6.45, 7) is 3.73. The average Bonchev–Trinajstić information content (AvgIpc) is 2.86. The molecular weight excluding hydrogens is 410 g/mol. The lowest BCUT2D eigenvalue weighted by atomic mass is 9.97. The van der Waals surface area contributed by atoms with Gasteiger partial charge in [0.25, 0.3) is 0 Å². The van der Waals surface area contributed by atoms with E-state index in [2.05, 4.69) is 36.5 Å². The molecule has 4 nitrogen and oxygen atoms in total. The number of hydrogen-bond acceptors (Lipinski definition) is 4. The van der Waals surface area contributed by atoms with Gasteiger partial charge in [0.2, 0.25) is 0 Å². The van der Waals surface area contributed by atoms with E-state index in [1.165, 1.54) is 10.8 Å². The van der Waals surface area contributed by atoms with E-state index in [-0.39, 0.29) is 12.4 Å². The first kappa shape index (κ1) is 23.0. The van der Waals surface area contributed by atoms with E-state index in [4.69, 9.17) is 4.74 Å². The lowest BCUT2D eigenvalue weighted by Gasteiger charge is -2.13. The van der Waals surface area contributed by atoms with Gasteiger partial charge < -0.3 is 15.2 Å². The first-order chi connectivity index (χ1) is 16.1. The minimum atomic E-state index is -0.550. The number of ether oxygens (including phenoxy) is 1. The normalized spacial score (nSPS) is 12.2. The van der Waals surface area contributed by atoms with Crippen molar-refractivity contribution in [2.75, 3.05) is 19.7 Å².